The number of anilines is 1. The molecule has 0 spiro atoms. The van der Waals surface area contributed by atoms with Gasteiger partial charge in [-0.1, -0.05) is 12.1 Å². The van der Waals surface area contributed by atoms with Gasteiger partial charge in [-0.05, 0) is 26.0 Å². The van der Waals surface area contributed by atoms with Gasteiger partial charge in [0.2, 0.25) is 5.91 Å². The normalized spacial score (nSPS) is 10.1. The van der Waals surface area contributed by atoms with Crippen molar-refractivity contribution in [3.63, 3.8) is 0 Å². The van der Waals surface area contributed by atoms with E-state index in [4.69, 9.17) is 0 Å². The second-order valence-corrected chi connectivity index (χ2v) is 5.65. The number of benzene rings is 1. The fraction of sp³-hybridized carbons (Fsp3) is 0.267. The highest BCUT2D eigenvalue weighted by atomic mass is 32.1. The van der Waals surface area contributed by atoms with Crippen LogP contribution in [0, 0.1) is 6.92 Å². The van der Waals surface area contributed by atoms with E-state index >= 15 is 0 Å². The monoisotopic (exact) mass is 318 g/mol. The van der Waals surface area contributed by atoms with Crippen LogP contribution in [0.1, 0.15) is 11.9 Å². The second kappa shape index (κ2) is 7.56. The molecule has 1 heterocycles. The van der Waals surface area contributed by atoms with E-state index < -0.39 is 6.03 Å². The van der Waals surface area contributed by atoms with Gasteiger partial charge in [0.25, 0.3) is 0 Å². The van der Waals surface area contributed by atoms with E-state index in [1.807, 2.05) is 31.4 Å². The predicted molar refractivity (Wildman–Crippen MR) is 88.0 cm³/mol. The summed E-state index contributed by atoms with van der Waals surface area (Å²) in [4.78, 5) is 27.3. The van der Waals surface area contributed by atoms with E-state index in [-0.39, 0.29) is 12.5 Å². The Morgan fingerprint density at radius 3 is 2.50 bits per heavy atom. The number of likely N-dealkylation sites (N-methyl/N-ethyl adjacent to an activating group) is 1. The molecule has 0 saturated heterocycles. The molecule has 0 atom stereocenters. The molecule has 0 aliphatic carbocycles. The molecule has 6 nitrogen and oxygen atoms in total. The lowest BCUT2D eigenvalue weighted by Crippen LogP contribution is -2.38. The van der Waals surface area contributed by atoms with Gasteiger partial charge in [0.15, 0.2) is 0 Å². The summed E-state index contributed by atoms with van der Waals surface area (Å²) in [7, 11) is 0. The molecule has 0 saturated carbocycles. The van der Waals surface area contributed by atoms with Crippen molar-refractivity contribution in [1.29, 1.82) is 0 Å². The topological polar surface area (TPSA) is 83.1 Å². The fourth-order valence-corrected chi connectivity index (χ4v) is 2.44. The van der Waals surface area contributed by atoms with Gasteiger partial charge in [-0.25, -0.2) is 9.78 Å². The van der Waals surface area contributed by atoms with Gasteiger partial charge in [-0.15, -0.1) is 11.3 Å². The molecule has 3 N–H and O–H groups in total. The number of carbonyl (C=O) groups excluding carboxylic acids is 2. The fourth-order valence-electron chi connectivity index (χ4n) is 1.82. The molecule has 0 bridgehead atoms. The molecule has 0 fully saturated rings. The first-order valence-electron chi connectivity index (χ1n) is 6.92. The van der Waals surface area contributed by atoms with Crippen LogP contribution >= 0.6 is 11.3 Å². The molecule has 116 valence electrons. The largest absolute Gasteiger partial charge is 0.355 e. The van der Waals surface area contributed by atoms with Crippen LogP contribution in [0.25, 0.3) is 11.3 Å². The maximum Gasteiger partial charge on any atom is 0.319 e. The van der Waals surface area contributed by atoms with Crippen LogP contribution in [-0.2, 0) is 4.79 Å². The zero-order chi connectivity index (χ0) is 15.9. The summed E-state index contributed by atoms with van der Waals surface area (Å²) in [5.74, 6) is -0.216. The predicted octanol–water partition coefficient (Wildman–Crippen LogP) is 2.38. The van der Waals surface area contributed by atoms with Gasteiger partial charge in [0.1, 0.15) is 0 Å². The minimum atomic E-state index is -0.413. The average Bonchev–Trinajstić information content (AvgIpc) is 2.93. The lowest BCUT2D eigenvalue weighted by atomic mass is 10.1. The highest BCUT2D eigenvalue weighted by Gasteiger charge is 2.06. The maximum absolute atomic E-state index is 11.7. The first kappa shape index (κ1) is 16.0. The van der Waals surface area contributed by atoms with Gasteiger partial charge < -0.3 is 16.0 Å². The summed E-state index contributed by atoms with van der Waals surface area (Å²) in [5, 5.41) is 10.8. The summed E-state index contributed by atoms with van der Waals surface area (Å²) < 4.78 is 0. The zero-order valence-electron chi connectivity index (χ0n) is 12.5. The molecule has 22 heavy (non-hydrogen) atoms. The molecule has 0 unspecified atom stereocenters. The van der Waals surface area contributed by atoms with Crippen LogP contribution in [0.2, 0.25) is 0 Å². The number of hydrogen-bond acceptors (Lipinski definition) is 4. The van der Waals surface area contributed by atoms with Crippen molar-refractivity contribution in [3.05, 3.63) is 34.7 Å². The van der Waals surface area contributed by atoms with E-state index in [1.165, 1.54) is 0 Å². The minimum Gasteiger partial charge on any atom is -0.355 e. The summed E-state index contributed by atoms with van der Waals surface area (Å²) in [6.45, 7) is 4.28. The molecular formula is C15H18N4O2S. The Hall–Kier alpha value is -2.41. The van der Waals surface area contributed by atoms with Crippen LogP contribution in [0.5, 0.6) is 0 Å². The number of rotatable bonds is 5. The Morgan fingerprint density at radius 1 is 1.18 bits per heavy atom. The number of aryl methyl sites for hydroxylation is 1. The highest BCUT2D eigenvalue weighted by molar-refractivity contribution is 7.09. The Kier molecular flexibility index (Phi) is 5.48. The third-order valence-electron chi connectivity index (χ3n) is 2.84. The Labute approximate surface area is 133 Å². The van der Waals surface area contributed by atoms with Crippen molar-refractivity contribution in [2.45, 2.75) is 13.8 Å². The van der Waals surface area contributed by atoms with E-state index in [2.05, 4.69) is 20.9 Å². The number of thiazole rings is 1. The van der Waals surface area contributed by atoms with Crippen molar-refractivity contribution in [2.75, 3.05) is 18.4 Å². The van der Waals surface area contributed by atoms with Gasteiger partial charge in [-0.2, -0.15) is 0 Å². The van der Waals surface area contributed by atoms with E-state index in [9.17, 15) is 9.59 Å². The quantitative estimate of drug-likeness (QED) is 0.791. The smallest absolute Gasteiger partial charge is 0.319 e. The summed E-state index contributed by atoms with van der Waals surface area (Å²) in [6, 6.07) is 6.98. The standard InChI is InChI=1S/C15H18N4O2S/c1-3-16-14(20)8-17-15(21)19-12-6-4-11(5-7-12)13-9-22-10(2)18-13/h4-7,9H,3,8H2,1-2H3,(H,16,20)(H2,17,19,21). The lowest BCUT2D eigenvalue weighted by Gasteiger charge is -2.08. The molecule has 0 aliphatic heterocycles. The summed E-state index contributed by atoms with van der Waals surface area (Å²) in [5.41, 5.74) is 2.58. The Bertz CT molecular complexity index is 652. The highest BCUT2D eigenvalue weighted by Crippen LogP contribution is 2.22. The van der Waals surface area contributed by atoms with Crippen molar-refractivity contribution in [1.82, 2.24) is 15.6 Å². The number of aromatic nitrogens is 1. The number of hydrogen-bond donors (Lipinski definition) is 3. The number of nitrogens with one attached hydrogen (secondary N) is 3. The molecule has 1 aromatic heterocycles. The zero-order valence-corrected chi connectivity index (χ0v) is 13.3. The van der Waals surface area contributed by atoms with Gasteiger partial charge in [0, 0.05) is 23.2 Å². The molecule has 1 aromatic carbocycles. The molecule has 2 rings (SSSR count). The molecule has 7 heteroatoms. The maximum atomic E-state index is 11.7. The van der Waals surface area contributed by atoms with Crippen LogP contribution in [-0.4, -0.2) is 30.0 Å². The van der Waals surface area contributed by atoms with Crippen LogP contribution < -0.4 is 16.0 Å². The van der Waals surface area contributed by atoms with Gasteiger partial charge in [0.05, 0.1) is 17.2 Å². The number of carbonyl (C=O) groups is 2. The van der Waals surface area contributed by atoms with Crippen LogP contribution in [0.15, 0.2) is 29.6 Å². The summed E-state index contributed by atoms with van der Waals surface area (Å²) >= 11 is 1.60. The Morgan fingerprint density at radius 2 is 1.91 bits per heavy atom. The van der Waals surface area contributed by atoms with Crippen molar-refractivity contribution in [2.24, 2.45) is 0 Å². The minimum absolute atomic E-state index is 0.0458. The van der Waals surface area contributed by atoms with E-state index in [0.717, 1.165) is 16.3 Å². The molecular weight excluding hydrogens is 300 g/mol. The number of amides is 3. The third-order valence-corrected chi connectivity index (χ3v) is 3.61. The number of nitrogens with zero attached hydrogens (tertiary/aromatic N) is 1. The first-order valence-corrected chi connectivity index (χ1v) is 7.80. The van der Waals surface area contributed by atoms with E-state index in [0.29, 0.717) is 12.2 Å². The second-order valence-electron chi connectivity index (χ2n) is 4.59. The number of urea groups is 1. The van der Waals surface area contributed by atoms with Crippen LogP contribution in [0.4, 0.5) is 10.5 Å². The third kappa shape index (κ3) is 4.56. The van der Waals surface area contributed by atoms with Crippen LogP contribution in [0.3, 0.4) is 0 Å². The molecule has 0 aliphatic rings. The molecule has 0 radical (unpaired) electrons. The first-order chi connectivity index (χ1) is 10.6. The molecule has 2 aromatic rings. The average molecular weight is 318 g/mol. The van der Waals surface area contributed by atoms with Crippen molar-refractivity contribution < 1.29 is 9.59 Å². The Balaban J connectivity index is 1.88. The van der Waals surface area contributed by atoms with Crippen molar-refractivity contribution in [3.8, 4) is 11.3 Å². The lowest BCUT2D eigenvalue weighted by molar-refractivity contribution is -0.119. The summed E-state index contributed by atoms with van der Waals surface area (Å²) in [6.07, 6.45) is 0. The van der Waals surface area contributed by atoms with Gasteiger partial charge >= 0.3 is 6.03 Å². The molecule has 3 amide bonds. The van der Waals surface area contributed by atoms with Crippen molar-refractivity contribution >= 4 is 29.0 Å². The SMILES string of the molecule is CCNC(=O)CNC(=O)Nc1ccc(-c2csc(C)n2)cc1. The van der Waals surface area contributed by atoms with E-state index in [1.54, 1.807) is 23.5 Å². The van der Waals surface area contributed by atoms with Gasteiger partial charge in [-0.3, -0.25) is 4.79 Å².